The zero-order valence-corrected chi connectivity index (χ0v) is 14.3. The second-order valence-corrected chi connectivity index (χ2v) is 5.35. The first-order valence-corrected chi connectivity index (χ1v) is 7.04. The number of phenols is 3. The van der Waals surface area contributed by atoms with Crippen LogP contribution in [-0.2, 0) is 0 Å². The molecule has 140 valence electrons. The summed E-state index contributed by atoms with van der Waals surface area (Å²) in [6.45, 7) is 2.29. The number of nitrogens with zero attached hydrogens (tertiary/aromatic N) is 1. The van der Waals surface area contributed by atoms with Gasteiger partial charge in [0, 0.05) is 50.8 Å². The standard InChI is InChI=1S/C14H19F3N2O3.2ClH/c15-14(16,17)2-1-10(19-5-3-18-4-6-19)13-11(21)7-9(20)8-12(13)22;;/h7-8,10,18,20-22H,1-6H2;2*1H/t10-;;/m0../s1. The van der Waals surface area contributed by atoms with Crippen molar-refractivity contribution in [2.45, 2.75) is 25.1 Å². The van der Waals surface area contributed by atoms with Gasteiger partial charge in [-0.25, -0.2) is 0 Å². The second kappa shape index (κ2) is 9.41. The molecule has 5 nitrogen and oxygen atoms in total. The monoisotopic (exact) mass is 392 g/mol. The minimum Gasteiger partial charge on any atom is -0.508 e. The second-order valence-electron chi connectivity index (χ2n) is 5.35. The molecule has 1 fully saturated rings. The molecule has 0 amide bonds. The number of phenolic OH excluding ortho intramolecular Hbond substituents is 3. The van der Waals surface area contributed by atoms with Crippen molar-refractivity contribution in [3.05, 3.63) is 17.7 Å². The van der Waals surface area contributed by atoms with Crippen LogP contribution < -0.4 is 5.32 Å². The van der Waals surface area contributed by atoms with Gasteiger partial charge in [0.1, 0.15) is 17.2 Å². The number of aromatic hydroxyl groups is 3. The lowest BCUT2D eigenvalue weighted by molar-refractivity contribution is -0.138. The highest BCUT2D eigenvalue weighted by molar-refractivity contribution is 5.85. The molecule has 2 rings (SSSR count). The number of alkyl halides is 3. The molecule has 1 aromatic carbocycles. The summed E-state index contributed by atoms with van der Waals surface area (Å²) in [5.41, 5.74) is 0.0314. The number of rotatable bonds is 4. The van der Waals surface area contributed by atoms with E-state index in [0.29, 0.717) is 26.2 Å². The summed E-state index contributed by atoms with van der Waals surface area (Å²) in [6.07, 6.45) is -5.59. The maximum atomic E-state index is 12.6. The Morgan fingerprint density at radius 1 is 1.04 bits per heavy atom. The topological polar surface area (TPSA) is 76.0 Å². The largest absolute Gasteiger partial charge is 0.508 e. The first kappa shape index (κ1) is 22.9. The molecule has 1 aliphatic heterocycles. The molecule has 0 saturated carbocycles. The van der Waals surface area contributed by atoms with Crippen LogP contribution in [0.3, 0.4) is 0 Å². The van der Waals surface area contributed by atoms with E-state index in [0.717, 1.165) is 12.1 Å². The van der Waals surface area contributed by atoms with Gasteiger partial charge >= 0.3 is 6.18 Å². The summed E-state index contributed by atoms with van der Waals surface area (Å²) in [5, 5.41) is 32.4. The molecule has 0 aromatic heterocycles. The highest BCUT2D eigenvalue weighted by Crippen LogP contribution is 2.42. The van der Waals surface area contributed by atoms with E-state index < -0.39 is 30.1 Å². The van der Waals surface area contributed by atoms with E-state index >= 15 is 0 Å². The van der Waals surface area contributed by atoms with E-state index in [-0.39, 0.29) is 42.5 Å². The van der Waals surface area contributed by atoms with E-state index in [2.05, 4.69) is 5.32 Å². The van der Waals surface area contributed by atoms with Crippen LogP contribution in [0.5, 0.6) is 17.2 Å². The quantitative estimate of drug-likeness (QED) is 0.633. The van der Waals surface area contributed by atoms with Crippen LogP contribution >= 0.6 is 24.8 Å². The van der Waals surface area contributed by atoms with Gasteiger partial charge in [-0.15, -0.1) is 24.8 Å². The van der Waals surface area contributed by atoms with Crippen molar-refractivity contribution in [3.8, 4) is 17.2 Å². The van der Waals surface area contributed by atoms with Crippen molar-refractivity contribution < 1.29 is 28.5 Å². The summed E-state index contributed by atoms with van der Waals surface area (Å²) in [4.78, 5) is 1.80. The minimum absolute atomic E-state index is 0. The van der Waals surface area contributed by atoms with Crippen LogP contribution in [0.4, 0.5) is 13.2 Å². The third-order valence-electron chi connectivity index (χ3n) is 3.75. The Morgan fingerprint density at radius 2 is 1.54 bits per heavy atom. The SMILES string of the molecule is Cl.Cl.Oc1cc(O)c([C@H](CCC(F)(F)F)N2CCNCC2)c(O)c1. The Hall–Kier alpha value is -1.09. The fourth-order valence-corrected chi connectivity index (χ4v) is 2.75. The first-order valence-electron chi connectivity index (χ1n) is 7.04. The molecular formula is C14H21Cl2F3N2O3. The molecule has 0 spiro atoms. The zero-order valence-electron chi connectivity index (χ0n) is 12.7. The van der Waals surface area contributed by atoms with Crippen LogP contribution in [0.25, 0.3) is 0 Å². The Labute approximate surface area is 150 Å². The number of hydrogen-bond donors (Lipinski definition) is 4. The molecule has 10 heteroatoms. The van der Waals surface area contributed by atoms with E-state index in [1.165, 1.54) is 0 Å². The van der Waals surface area contributed by atoms with E-state index in [1.807, 2.05) is 0 Å². The molecule has 0 radical (unpaired) electrons. The minimum atomic E-state index is -4.31. The first-order chi connectivity index (χ1) is 10.3. The third-order valence-corrected chi connectivity index (χ3v) is 3.75. The molecule has 0 aliphatic carbocycles. The Balaban J connectivity index is 0.00000264. The zero-order chi connectivity index (χ0) is 16.3. The van der Waals surface area contributed by atoms with Crippen molar-refractivity contribution in [1.29, 1.82) is 0 Å². The fourth-order valence-electron chi connectivity index (χ4n) is 2.75. The molecule has 0 unspecified atom stereocenters. The fraction of sp³-hybridized carbons (Fsp3) is 0.571. The van der Waals surface area contributed by atoms with Gasteiger partial charge in [-0.1, -0.05) is 0 Å². The normalized spacial score (nSPS) is 16.8. The number of hydrogen-bond acceptors (Lipinski definition) is 5. The maximum Gasteiger partial charge on any atom is 0.389 e. The summed E-state index contributed by atoms with van der Waals surface area (Å²) in [5.74, 6) is -1.14. The Morgan fingerprint density at radius 3 is 2.00 bits per heavy atom. The van der Waals surface area contributed by atoms with Gasteiger partial charge < -0.3 is 20.6 Å². The summed E-state index contributed by atoms with van der Waals surface area (Å²) in [7, 11) is 0. The molecule has 1 saturated heterocycles. The molecule has 1 heterocycles. The maximum absolute atomic E-state index is 12.6. The highest BCUT2D eigenvalue weighted by atomic mass is 35.5. The van der Waals surface area contributed by atoms with Crippen molar-refractivity contribution in [3.63, 3.8) is 0 Å². The molecule has 4 N–H and O–H groups in total. The van der Waals surface area contributed by atoms with Gasteiger partial charge in [0.25, 0.3) is 0 Å². The van der Waals surface area contributed by atoms with Crippen molar-refractivity contribution in [1.82, 2.24) is 10.2 Å². The van der Waals surface area contributed by atoms with Gasteiger partial charge in [0.2, 0.25) is 0 Å². The highest BCUT2D eigenvalue weighted by Gasteiger charge is 2.33. The van der Waals surface area contributed by atoms with Gasteiger partial charge in [-0.3, -0.25) is 4.90 Å². The number of benzene rings is 1. The van der Waals surface area contributed by atoms with E-state index in [9.17, 15) is 28.5 Å². The molecule has 24 heavy (non-hydrogen) atoms. The van der Waals surface area contributed by atoms with E-state index in [1.54, 1.807) is 4.90 Å². The van der Waals surface area contributed by atoms with Crippen molar-refractivity contribution in [2.24, 2.45) is 0 Å². The van der Waals surface area contributed by atoms with Gasteiger partial charge in [0.15, 0.2) is 0 Å². The summed E-state index contributed by atoms with van der Waals surface area (Å²) >= 11 is 0. The average molecular weight is 393 g/mol. The Bertz CT molecular complexity index is 503. The van der Waals surface area contributed by atoms with Crippen LogP contribution in [0, 0.1) is 0 Å². The van der Waals surface area contributed by atoms with Crippen LogP contribution in [0.1, 0.15) is 24.4 Å². The number of halogens is 5. The smallest absolute Gasteiger partial charge is 0.389 e. The number of nitrogens with one attached hydrogen (secondary N) is 1. The van der Waals surface area contributed by atoms with Crippen LogP contribution in [0.15, 0.2) is 12.1 Å². The predicted octanol–water partition coefficient (Wildman–Crippen LogP) is 2.94. The molecule has 1 aromatic rings. The molecular weight excluding hydrogens is 372 g/mol. The van der Waals surface area contributed by atoms with Gasteiger partial charge in [-0.05, 0) is 6.42 Å². The Kier molecular flexibility index (Phi) is 8.98. The molecule has 1 atom stereocenters. The lowest BCUT2D eigenvalue weighted by Crippen LogP contribution is -2.45. The third kappa shape index (κ3) is 6.08. The molecule has 0 bridgehead atoms. The summed E-state index contributed by atoms with van der Waals surface area (Å²) in [6, 6.07) is 1.29. The lowest BCUT2D eigenvalue weighted by Gasteiger charge is -2.36. The van der Waals surface area contributed by atoms with E-state index in [4.69, 9.17) is 0 Å². The van der Waals surface area contributed by atoms with Gasteiger partial charge in [-0.2, -0.15) is 13.2 Å². The van der Waals surface area contributed by atoms with Crippen LogP contribution in [-0.4, -0.2) is 52.6 Å². The lowest BCUT2D eigenvalue weighted by atomic mass is 9.97. The average Bonchev–Trinajstić information content (AvgIpc) is 2.41. The van der Waals surface area contributed by atoms with Gasteiger partial charge in [0.05, 0.1) is 5.56 Å². The number of piperazine rings is 1. The molecule has 1 aliphatic rings. The van der Waals surface area contributed by atoms with Crippen LogP contribution in [0.2, 0.25) is 0 Å². The summed E-state index contributed by atoms with van der Waals surface area (Å²) < 4.78 is 37.7. The predicted molar refractivity (Wildman–Crippen MR) is 88.4 cm³/mol. The van der Waals surface area contributed by atoms with Crippen molar-refractivity contribution >= 4 is 24.8 Å². The van der Waals surface area contributed by atoms with Crippen molar-refractivity contribution in [2.75, 3.05) is 26.2 Å².